The van der Waals surface area contributed by atoms with Gasteiger partial charge in [-0.25, -0.2) is 23.4 Å². The molecule has 1 saturated heterocycles. The van der Waals surface area contributed by atoms with Gasteiger partial charge in [-0.05, 0) is 69.7 Å². The van der Waals surface area contributed by atoms with Gasteiger partial charge >= 0.3 is 0 Å². The molecule has 0 radical (unpaired) electrons. The summed E-state index contributed by atoms with van der Waals surface area (Å²) in [6, 6.07) is 14.4. The van der Waals surface area contributed by atoms with Crippen LogP contribution in [0.3, 0.4) is 0 Å². The van der Waals surface area contributed by atoms with Crippen LogP contribution in [0, 0.1) is 12.8 Å². The summed E-state index contributed by atoms with van der Waals surface area (Å²) in [5.74, 6) is -2.50. The number of carbonyl (C=O) groups excluding carboxylic acids is 4. The average molecular weight is 833 g/mol. The van der Waals surface area contributed by atoms with E-state index in [9.17, 15) is 27.6 Å². The van der Waals surface area contributed by atoms with E-state index in [2.05, 4.69) is 25.3 Å². The summed E-state index contributed by atoms with van der Waals surface area (Å²) in [5.41, 5.74) is 1.24. The highest BCUT2D eigenvalue weighted by molar-refractivity contribution is 7.91. The van der Waals surface area contributed by atoms with Gasteiger partial charge < -0.3 is 24.7 Å². The molecule has 17 heteroatoms. The third-order valence-corrected chi connectivity index (χ3v) is 13.5. The van der Waals surface area contributed by atoms with E-state index in [4.69, 9.17) is 19.1 Å². The van der Waals surface area contributed by atoms with Gasteiger partial charge in [0.05, 0.1) is 34.7 Å². The molecule has 4 aliphatic rings. The maximum atomic E-state index is 14.8. The van der Waals surface area contributed by atoms with Gasteiger partial charge in [0, 0.05) is 23.9 Å². The number of nitrogens with zero attached hydrogens (tertiary/aromatic N) is 5. The number of carbonyl (C=O) groups is 4. The quantitative estimate of drug-likeness (QED) is 0.187. The lowest BCUT2D eigenvalue weighted by molar-refractivity contribution is -0.141. The monoisotopic (exact) mass is 832 g/mol. The lowest BCUT2D eigenvalue weighted by Gasteiger charge is -2.29. The molecule has 2 aromatic carbocycles. The molecule has 2 aliphatic carbocycles. The molecule has 0 bridgehead atoms. The third kappa shape index (κ3) is 7.92. The molecular weight excluding hydrogens is 789 g/mol. The van der Waals surface area contributed by atoms with Crippen LogP contribution >= 0.6 is 0 Å². The predicted molar refractivity (Wildman–Crippen MR) is 219 cm³/mol. The molecule has 60 heavy (non-hydrogen) atoms. The van der Waals surface area contributed by atoms with Gasteiger partial charge in [-0.15, -0.1) is 0 Å². The fourth-order valence-corrected chi connectivity index (χ4v) is 9.44. The van der Waals surface area contributed by atoms with Crippen molar-refractivity contribution in [2.45, 2.75) is 93.7 Å². The molecule has 16 nitrogen and oxygen atoms in total. The van der Waals surface area contributed by atoms with Gasteiger partial charge in [0.25, 0.3) is 11.8 Å². The topological polar surface area (TPSA) is 216 Å². The summed E-state index contributed by atoms with van der Waals surface area (Å²) in [5, 5.41) is 5.95. The molecule has 5 heterocycles. The number of rotatable bonds is 8. The van der Waals surface area contributed by atoms with Crippen molar-refractivity contribution in [2.75, 3.05) is 6.54 Å². The second-order valence-electron chi connectivity index (χ2n) is 16.1. The van der Waals surface area contributed by atoms with E-state index in [1.807, 2.05) is 60.7 Å². The van der Waals surface area contributed by atoms with Crippen molar-refractivity contribution in [3.63, 3.8) is 0 Å². The summed E-state index contributed by atoms with van der Waals surface area (Å²) in [7, 11) is -3.93. The van der Waals surface area contributed by atoms with Crippen LogP contribution in [-0.4, -0.2) is 92.4 Å². The molecule has 2 saturated carbocycles. The van der Waals surface area contributed by atoms with Gasteiger partial charge in [0.1, 0.15) is 35.0 Å². The Morgan fingerprint density at radius 3 is 2.52 bits per heavy atom. The molecule has 9 rings (SSSR count). The smallest absolute Gasteiger partial charge is 0.272 e. The van der Waals surface area contributed by atoms with E-state index >= 15 is 0 Å². The number of fused-ring (bicyclic) bond motifs is 4. The Morgan fingerprint density at radius 2 is 1.75 bits per heavy atom. The number of para-hydroxylation sites is 3. The van der Waals surface area contributed by atoms with Crippen molar-refractivity contribution < 1.29 is 36.7 Å². The highest BCUT2D eigenvalue weighted by Crippen LogP contribution is 2.46. The van der Waals surface area contributed by atoms with Crippen molar-refractivity contribution in [3.8, 4) is 17.3 Å². The molecule has 3 aromatic heterocycles. The van der Waals surface area contributed by atoms with E-state index in [0.717, 1.165) is 18.2 Å². The average Bonchev–Trinajstić information content (AvgIpc) is 4.13. The second-order valence-corrected chi connectivity index (χ2v) is 18.0. The Morgan fingerprint density at radius 1 is 0.967 bits per heavy atom. The molecule has 3 N–H and O–H groups in total. The summed E-state index contributed by atoms with van der Waals surface area (Å²) >= 11 is 0. The first-order valence-electron chi connectivity index (χ1n) is 20.3. The van der Waals surface area contributed by atoms with Crippen molar-refractivity contribution in [2.24, 2.45) is 5.92 Å². The van der Waals surface area contributed by atoms with Crippen molar-refractivity contribution in [3.05, 3.63) is 90.5 Å². The summed E-state index contributed by atoms with van der Waals surface area (Å²) in [4.78, 5) is 76.2. The summed E-state index contributed by atoms with van der Waals surface area (Å²) in [6.45, 7) is 1.66. The Bertz CT molecular complexity index is 2610. The largest absolute Gasteiger partial charge is 0.471 e. The van der Waals surface area contributed by atoms with Gasteiger partial charge in [0.2, 0.25) is 27.7 Å². The van der Waals surface area contributed by atoms with Crippen LogP contribution < -0.4 is 20.1 Å². The van der Waals surface area contributed by atoms with Crippen LogP contribution in [0.5, 0.6) is 5.88 Å². The number of hydrogen-bond acceptors (Lipinski definition) is 12. The van der Waals surface area contributed by atoms with Crippen LogP contribution in [0.25, 0.3) is 33.5 Å². The SMILES string of the molecule is Cc1cnc(C(=O)N[C@H]2CCCCCC=C[C@@H]3C[C@@]3(C(=O)NS(=O)(=O)C3CC3)NC(=O)[C@@H]3C[C@@H](Oc4nc5ccccc5nc4-c4cc5ccccc5o4)CN3C2=O)cn1. The zero-order valence-corrected chi connectivity index (χ0v) is 33.7. The second kappa shape index (κ2) is 15.7. The van der Waals surface area contributed by atoms with Gasteiger partial charge in [0.15, 0.2) is 11.5 Å². The van der Waals surface area contributed by atoms with E-state index in [0.29, 0.717) is 59.4 Å². The van der Waals surface area contributed by atoms with Crippen molar-refractivity contribution >= 4 is 55.7 Å². The van der Waals surface area contributed by atoms with Crippen molar-refractivity contribution in [1.29, 1.82) is 0 Å². The highest BCUT2D eigenvalue weighted by Gasteiger charge is 2.62. The molecule has 0 unspecified atom stereocenters. The van der Waals surface area contributed by atoms with Crippen LogP contribution in [0.15, 0.2) is 83.6 Å². The number of aryl methyl sites for hydroxylation is 1. The number of nitrogens with one attached hydrogen (secondary N) is 3. The molecule has 4 amide bonds. The maximum absolute atomic E-state index is 14.8. The maximum Gasteiger partial charge on any atom is 0.272 e. The highest BCUT2D eigenvalue weighted by atomic mass is 32.2. The Hall–Kier alpha value is -6.23. The minimum atomic E-state index is -3.93. The van der Waals surface area contributed by atoms with Gasteiger partial charge in [-0.2, -0.15) is 0 Å². The Labute approximate surface area is 345 Å². The van der Waals surface area contributed by atoms with Crippen LogP contribution in [0.4, 0.5) is 0 Å². The number of amides is 4. The third-order valence-electron chi connectivity index (χ3n) is 11.6. The molecule has 310 valence electrons. The lowest BCUT2D eigenvalue weighted by atomic mass is 10.0. The van der Waals surface area contributed by atoms with Gasteiger partial charge in [-0.1, -0.05) is 55.3 Å². The number of aromatic nitrogens is 4. The van der Waals surface area contributed by atoms with E-state index in [1.54, 1.807) is 13.0 Å². The number of benzene rings is 2. The predicted octanol–water partition coefficient (Wildman–Crippen LogP) is 4.29. The minimum Gasteiger partial charge on any atom is -0.471 e. The van der Waals surface area contributed by atoms with Crippen LogP contribution in [0.1, 0.15) is 74.0 Å². The van der Waals surface area contributed by atoms with Crippen LogP contribution in [0.2, 0.25) is 0 Å². The molecule has 2 aliphatic heterocycles. The molecule has 5 atom stereocenters. The number of furan rings is 1. The molecule has 3 fully saturated rings. The fraction of sp³-hybridized carbons (Fsp3) is 0.395. The minimum absolute atomic E-state index is 0.0195. The Kier molecular flexibility index (Phi) is 10.3. The number of ether oxygens (including phenoxy) is 1. The summed E-state index contributed by atoms with van der Waals surface area (Å²) < 4.78 is 40.9. The molecular formula is C43H44N8O8S. The Balaban J connectivity index is 1.06. The number of allylic oxidation sites excluding steroid dienone is 1. The first-order chi connectivity index (χ1) is 29.0. The van der Waals surface area contributed by atoms with E-state index in [1.165, 1.54) is 17.3 Å². The summed E-state index contributed by atoms with van der Waals surface area (Å²) in [6.07, 6.45) is 9.94. The van der Waals surface area contributed by atoms with E-state index < -0.39 is 68.5 Å². The fourth-order valence-electron chi connectivity index (χ4n) is 8.07. The standard InChI is InChI=1S/C43H44N8O8S/c1-25-22-45-33(23-44-25)38(52)47-32-15-6-4-2-3-5-12-27-21-43(27,42(55)50-60(56,57)29-17-18-29)49-39(53)34-20-28(24-51(34)41(32)54)58-40-37(46-30-13-8-9-14-31(30)48-40)36-19-26-11-7-10-16-35(26)59-36/h5,7-14,16,19,22-23,27-29,32,34H,2-4,6,15,17-18,20-21,24H2,1H3,(H,47,52)(H,49,53)(H,50,55)/t27-,28-,32+,34+,43-/m1/s1. The van der Waals surface area contributed by atoms with Crippen LogP contribution in [-0.2, 0) is 24.4 Å². The number of sulfonamides is 1. The normalized spacial score (nSPS) is 24.8. The first-order valence-corrected chi connectivity index (χ1v) is 21.9. The van der Waals surface area contributed by atoms with E-state index in [-0.39, 0.29) is 37.4 Å². The lowest BCUT2D eigenvalue weighted by Crippen LogP contribution is -2.58. The first kappa shape index (κ1) is 39.2. The zero-order valence-electron chi connectivity index (χ0n) is 32.9. The van der Waals surface area contributed by atoms with Crippen molar-refractivity contribution in [1.82, 2.24) is 40.2 Å². The number of hydrogen-bond donors (Lipinski definition) is 3. The molecule has 5 aromatic rings. The zero-order chi connectivity index (χ0) is 41.6. The molecule has 0 spiro atoms. The van der Waals surface area contributed by atoms with Gasteiger partial charge in [-0.3, -0.25) is 28.9 Å².